The summed E-state index contributed by atoms with van der Waals surface area (Å²) in [5, 5.41) is 7.72. The third-order valence-corrected chi connectivity index (χ3v) is 2.82. The molecule has 0 saturated heterocycles. The van der Waals surface area contributed by atoms with Crippen LogP contribution in [0.4, 0.5) is 0 Å². The van der Waals surface area contributed by atoms with Gasteiger partial charge in [-0.05, 0) is 18.1 Å². The molecule has 0 aromatic carbocycles. The first kappa shape index (κ1) is 10.8. The lowest BCUT2D eigenvalue weighted by Gasteiger charge is -2.09. The van der Waals surface area contributed by atoms with Gasteiger partial charge in [0.25, 0.3) is 0 Å². The average molecular weight is 239 g/mol. The number of aromatic nitrogens is 5. The number of aromatic amines is 1. The van der Waals surface area contributed by atoms with Gasteiger partial charge in [0, 0.05) is 18.0 Å². The highest BCUT2D eigenvalue weighted by molar-refractivity contribution is 5.75. The van der Waals surface area contributed by atoms with Crippen molar-refractivity contribution in [2.75, 3.05) is 0 Å². The van der Waals surface area contributed by atoms with Crippen LogP contribution in [-0.4, -0.2) is 25.1 Å². The highest BCUT2D eigenvalue weighted by Crippen LogP contribution is 2.25. The third kappa shape index (κ3) is 1.73. The summed E-state index contributed by atoms with van der Waals surface area (Å²) in [5.74, 6) is 1.02. The van der Waals surface area contributed by atoms with Gasteiger partial charge in [-0.1, -0.05) is 13.8 Å². The Bertz CT molecular complexity index is 686. The quantitative estimate of drug-likeness (QED) is 0.746. The minimum atomic E-state index is 0.335. The molecule has 0 bridgehead atoms. The molecule has 3 heterocycles. The third-order valence-electron chi connectivity index (χ3n) is 2.82. The first-order valence-electron chi connectivity index (χ1n) is 5.87. The molecule has 0 atom stereocenters. The van der Waals surface area contributed by atoms with Crippen LogP contribution >= 0.6 is 0 Å². The maximum absolute atomic E-state index is 4.48. The Hall–Kier alpha value is -2.30. The number of nitrogens with zero attached hydrogens (tertiary/aromatic N) is 4. The van der Waals surface area contributed by atoms with E-state index < -0.39 is 0 Å². The van der Waals surface area contributed by atoms with Crippen LogP contribution in [0.25, 0.3) is 22.4 Å². The van der Waals surface area contributed by atoms with Gasteiger partial charge in [-0.15, -0.1) is 0 Å². The SMILES string of the molecule is CC(C)c1ncccc1-c1ncc2cn[nH]c2n1. The van der Waals surface area contributed by atoms with Crippen molar-refractivity contribution < 1.29 is 0 Å². The Kier molecular flexibility index (Phi) is 2.51. The van der Waals surface area contributed by atoms with E-state index >= 15 is 0 Å². The molecule has 1 N–H and O–H groups in total. The lowest BCUT2D eigenvalue weighted by atomic mass is 10.0. The van der Waals surface area contributed by atoms with Gasteiger partial charge in [-0.3, -0.25) is 10.1 Å². The van der Waals surface area contributed by atoms with Crippen molar-refractivity contribution in [3.8, 4) is 11.4 Å². The van der Waals surface area contributed by atoms with Crippen LogP contribution in [-0.2, 0) is 0 Å². The molecule has 0 saturated carbocycles. The molecule has 0 aliphatic heterocycles. The normalized spacial score (nSPS) is 11.3. The number of hydrogen-bond donors (Lipinski definition) is 1. The number of fused-ring (bicyclic) bond motifs is 1. The van der Waals surface area contributed by atoms with E-state index in [9.17, 15) is 0 Å². The molecular weight excluding hydrogens is 226 g/mol. The highest BCUT2D eigenvalue weighted by atomic mass is 15.1. The van der Waals surface area contributed by atoms with E-state index in [1.54, 1.807) is 18.6 Å². The summed E-state index contributed by atoms with van der Waals surface area (Å²) in [5.41, 5.74) is 2.74. The molecule has 0 amide bonds. The zero-order chi connectivity index (χ0) is 12.5. The molecule has 0 fully saturated rings. The molecule has 3 aromatic heterocycles. The summed E-state index contributed by atoms with van der Waals surface area (Å²) in [6.07, 6.45) is 5.29. The number of pyridine rings is 1. The van der Waals surface area contributed by atoms with E-state index in [0.29, 0.717) is 11.7 Å². The number of H-pyrrole nitrogens is 1. The Morgan fingerprint density at radius 2 is 2.06 bits per heavy atom. The fraction of sp³-hybridized carbons (Fsp3) is 0.231. The first-order valence-corrected chi connectivity index (χ1v) is 5.87. The van der Waals surface area contributed by atoms with Gasteiger partial charge in [0.2, 0.25) is 0 Å². The monoisotopic (exact) mass is 239 g/mol. The molecule has 0 radical (unpaired) electrons. The minimum Gasteiger partial charge on any atom is -0.261 e. The van der Waals surface area contributed by atoms with E-state index in [2.05, 4.69) is 39.0 Å². The second-order valence-corrected chi connectivity index (χ2v) is 4.46. The smallest absolute Gasteiger partial charge is 0.163 e. The Morgan fingerprint density at radius 1 is 1.17 bits per heavy atom. The molecule has 3 aromatic rings. The average Bonchev–Trinajstić information content (AvgIpc) is 2.85. The van der Waals surface area contributed by atoms with Gasteiger partial charge in [0.1, 0.15) is 0 Å². The minimum absolute atomic E-state index is 0.335. The van der Waals surface area contributed by atoms with Crippen LogP contribution in [0.5, 0.6) is 0 Å². The maximum atomic E-state index is 4.48. The Balaban J connectivity index is 2.19. The molecule has 0 spiro atoms. The fourth-order valence-electron chi connectivity index (χ4n) is 1.93. The van der Waals surface area contributed by atoms with Gasteiger partial charge >= 0.3 is 0 Å². The van der Waals surface area contributed by atoms with Crippen LogP contribution in [0.3, 0.4) is 0 Å². The van der Waals surface area contributed by atoms with Crippen molar-refractivity contribution in [2.45, 2.75) is 19.8 Å². The largest absolute Gasteiger partial charge is 0.261 e. The maximum Gasteiger partial charge on any atom is 0.163 e. The summed E-state index contributed by atoms with van der Waals surface area (Å²) in [6.45, 7) is 4.22. The topological polar surface area (TPSA) is 67.3 Å². The zero-order valence-electron chi connectivity index (χ0n) is 10.3. The summed E-state index contributed by atoms with van der Waals surface area (Å²) < 4.78 is 0. The molecule has 18 heavy (non-hydrogen) atoms. The number of hydrogen-bond acceptors (Lipinski definition) is 4. The molecular formula is C13H13N5. The van der Waals surface area contributed by atoms with Gasteiger partial charge in [0.15, 0.2) is 11.5 Å². The zero-order valence-corrected chi connectivity index (χ0v) is 10.3. The number of rotatable bonds is 2. The van der Waals surface area contributed by atoms with Crippen LogP contribution < -0.4 is 0 Å². The number of nitrogens with one attached hydrogen (secondary N) is 1. The van der Waals surface area contributed by atoms with Crippen molar-refractivity contribution in [3.05, 3.63) is 36.4 Å². The molecule has 90 valence electrons. The van der Waals surface area contributed by atoms with Crippen molar-refractivity contribution in [3.63, 3.8) is 0 Å². The van der Waals surface area contributed by atoms with Gasteiger partial charge in [-0.2, -0.15) is 5.10 Å². The lowest BCUT2D eigenvalue weighted by molar-refractivity contribution is 0.823. The molecule has 5 heteroatoms. The van der Waals surface area contributed by atoms with Crippen LogP contribution in [0, 0.1) is 0 Å². The van der Waals surface area contributed by atoms with Crippen LogP contribution in [0.15, 0.2) is 30.7 Å². The van der Waals surface area contributed by atoms with Crippen molar-refractivity contribution in [2.24, 2.45) is 0 Å². The summed E-state index contributed by atoms with van der Waals surface area (Å²) in [6, 6.07) is 3.90. The van der Waals surface area contributed by atoms with E-state index in [0.717, 1.165) is 22.3 Å². The lowest BCUT2D eigenvalue weighted by Crippen LogP contribution is -1.99. The van der Waals surface area contributed by atoms with Crippen LogP contribution in [0.2, 0.25) is 0 Å². The van der Waals surface area contributed by atoms with Gasteiger partial charge < -0.3 is 0 Å². The van der Waals surface area contributed by atoms with E-state index in [1.807, 2.05) is 12.1 Å². The Morgan fingerprint density at radius 3 is 2.89 bits per heavy atom. The molecule has 0 unspecified atom stereocenters. The van der Waals surface area contributed by atoms with Crippen molar-refractivity contribution in [1.82, 2.24) is 25.1 Å². The molecule has 0 aliphatic carbocycles. The van der Waals surface area contributed by atoms with Crippen molar-refractivity contribution >= 4 is 11.0 Å². The molecule has 0 aliphatic rings. The summed E-state index contributed by atoms with van der Waals surface area (Å²) >= 11 is 0. The standard InChI is InChI=1S/C13H13N5/c1-8(2)11-10(4-3-5-14-11)13-15-6-9-7-16-18-12(9)17-13/h3-8H,1-2H3,(H,15,16,17,18). The van der Waals surface area contributed by atoms with E-state index in [-0.39, 0.29) is 0 Å². The van der Waals surface area contributed by atoms with Crippen molar-refractivity contribution in [1.29, 1.82) is 0 Å². The fourth-order valence-corrected chi connectivity index (χ4v) is 1.93. The predicted molar refractivity (Wildman–Crippen MR) is 69.0 cm³/mol. The summed E-state index contributed by atoms with van der Waals surface area (Å²) in [7, 11) is 0. The van der Waals surface area contributed by atoms with E-state index in [1.165, 1.54) is 0 Å². The predicted octanol–water partition coefficient (Wildman–Crippen LogP) is 2.54. The van der Waals surface area contributed by atoms with Gasteiger partial charge in [0.05, 0.1) is 17.3 Å². The second kappa shape index (κ2) is 4.18. The van der Waals surface area contributed by atoms with Crippen LogP contribution in [0.1, 0.15) is 25.5 Å². The highest BCUT2D eigenvalue weighted by Gasteiger charge is 2.12. The summed E-state index contributed by atoms with van der Waals surface area (Å²) in [4.78, 5) is 13.3. The first-order chi connectivity index (χ1) is 8.75. The molecule has 5 nitrogen and oxygen atoms in total. The van der Waals surface area contributed by atoms with E-state index in [4.69, 9.17) is 0 Å². The van der Waals surface area contributed by atoms with Gasteiger partial charge in [-0.25, -0.2) is 9.97 Å². The Labute approximate surface area is 104 Å². The second-order valence-electron chi connectivity index (χ2n) is 4.46. The molecule has 3 rings (SSSR count).